The van der Waals surface area contributed by atoms with Gasteiger partial charge in [-0.3, -0.25) is 9.55 Å². The Morgan fingerprint density at radius 2 is 1.81 bits per heavy atom. The zero-order valence-corrected chi connectivity index (χ0v) is 19.3. The zero-order valence-electron chi connectivity index (χ0n) is 19.3. The van der Waals surface area contributed by atoms with E-state index in [1.54, 1.807) is 35.5 Å². The van der Waals surface area contributed by atoms with Crippen LogP contribution in [0.2, 0.25) is 0 Å². The summed E-state index contributed by atoms with van der Waals surface area (Å²) in [5.41, 5.74) is 1.18. The topological polar surface area (TPSA) is 88.1 Å². The zero-order chi connectivity index (χ0) is 25.3. The van der Waals surface area contributed by atoms with Gasteiger partial charge in [-0.25, -0.2) is 9.78 Å². The van der Waals surface area contributed by atoms with Crippen molar-refractivity contribution in [3.63, 3.8) is 0 Å². The van der Waals surface area contributed by atoms with E-state index in [2.05, 4.69) is 20.3 Å². The minimum absolute atomic E-state index is 0.0979. The van der Waals surface area contributed by atoms with E-state index in [1.165, 1.54) is 30.0 Å². The van der Waals surface area contributed by atoms with Crippen molar-refractivity contribution in [2.75, 3.05) is 38.2 Å². The molecule has 1 fully saturated rings. The van der Waals surface area contributed by atoms with Gasteiger partial charge in [0.1, 0.15) is 0 Å². The molecule has 1 aliphatic heterocycles. The SMILES string of the molecule is COc1ccc(-c2ccnc(-c3c[nH]c(=O)n3-c3ccc(N4CCNCC4)c(C(F)(F)F)c3)c2)cn1. The summed E-state index contributed by atoms with van der Waals surface area (Å²) in [6.07, 6.45) is 0.0754. The number of halogens is 3. The molecule has 0 bridgehead atoms. The smallest absolute Gasteiger partial charge is 0.418 e. The second kappa shape index (κ2) is 9.50. The van der Waals surface area contributed by atoms with Gasteiger partial charge in [0.2, 0.25) is 5.88 Å². The summed E-state index contributed by atoms with van der Waals surface area (Å²) in [4.78, 5) is 25.6. The van der Waals surface area contributed by atoms with Crippen LogP contribution in [-0.2, 0) is 6.18 Å². The Morgan fingerprint density at radius 3 is 2.50 bits per heavy atom. The molecule has 4 heterocycles. The second-order valence-corrected chi connectivity index (χ2v) is 8.27. The highest BCUT2D eigenvalue weighted by atomic mass is 19.4. The molecule has 1 aliphatic rings. The molecule has 0 radical (unpaired) electrons. The van der Waals surface area contributed by atoms with Crippen LogP contribution in [-0.4, -0.2) is 52.8 Å². The average molecular weight is 496 g/mol. The predicted octanol–water partition coefficient (Wildman–Crippen LogP) is 3.73. The molecule has 0 amide bonds. The molecule has 1 saturated heterocycles. The lowest BCUT2D eigenvalue weighted by Gasteiger charge is -2.31. The van der Waals surface area contributed by atoms with Gasteiger partial charge in [0.25, 0.3) is 0 Å². The summed E-state index contributed by atoms with van der Waals surface area (Å²) in [7, 11) is 1.53. The van der Waals surface area contributed by atoms with Crippen molar-refractivity contribution in [3.05, 3.63) is 77.1 Å². The minimum Gasteiger partial charge on any atom is -0.481 e. The van der Waals surface area contributed by atoms with Crippen LogP contribution >= 0.6 is 0 Å². The summed E-state index contributed by atoms with van der Waals surface area (Å²) in [5, 5.41) is 3.14. The number of anilines is 1. The van der Waals surface area contributed by atoms with Crippen LogP contribution in [0.15, 0.2) is 65.8 Å². The van der Waals surface area contributed by atoms with Crippen molar-refractivity contribution < 1.29 is 17.9 Å². The van der Waals surface area contributed by atoms with E-state index in [0.717, 1.165) is 17.2 Å². The number of piperazine rings is 1. The molecule has 8 nitrogen and oxygen atoms in total. The molecule has 186 valence electrons. The second-order valence-electron chi connectivity index (χ2n) is 8.27. The van der Waals surface area contributed by atoms with Gasteiger partial charge < -0.3 is 19.9 Å². The average Bonchev–Trinajstić information content (AvgIpc) is 3.30. The van der Waals surface area contributed by atoms with Crippen LogP contribution < -0.4 is 20.6 Å². The number of aromatic amines is 1. The number of nitrogens with zero attached hydrogens (tertiary/aromatic N) is 4. The quantitative estimate of drug-likeness (QED) is 0.438. The van der Waals surface area contributed by atoms with E-state index in [9.17, 15) is 18.0 Å². The number of methoxy groups -OCH3 is 1. The van der Waals surface area contributed by atoms with Crippen molar-refractivity contribution in [2.24, 2.45) is 0 Å². The summed E-state index contributed by atoms with van der Waals surface area (Å²) in [6.45, 7) is 2.14. The molecule has 0 unspecified atom stereocenters. The number of alkyl halides is 3. The highest BCUT2D eigenvalue weighted by Gasteiger charge is 2.36. The van der Waals surface area contributed by atoms with Crippen LogP contribution in [0.1, 0.15) is 5.56 Å². The van der Waals surface area contributed by atoms with E-state index < -0.39 is 17.4 Å². The molecular formula is C25H23F3N6O2. The number of aromatic nitrogens is 4. The first kappa shape index (κ1) is 23.6. The van der Waals surface area contributed by atoms with Gasteiger partial charge in [-0.2, -0.15) is 13.2 Å². The van der Waals surface area contributed by atoms with Crippen molar-refractivity contribution >= 4 is 5.69 Å². The summed E-state index contributed by atoms with van der Waals surface area (Å²) >= 11 is 0. The third-order valence-corrected chi connectivity index (χ3v) is 6.08. The number of rotatable bonds is 5. The fraction of sp³-hybridized carbons (Fsp3) is 0.240. The Kier molecular flexibility index (Phi) is 6.23. The predicted molar refractivity (Wildman–Crippen MR) is 129 cm³/mol. The van der Waals surface area contributed by atoms with Crippen LogP contribution in [0.5, 0.6) is 5.88 Å². The molecule has 0 saturated carbocycles. The first-order chi connectivity index (χ1) is 17.3. The number of H-pyrrole nitrogens is 1. The van der Waals surface area contributed by atoms with Crippen LogP contribution in [0, 0.1) is 0 Å². The maximum Gasteiger partial charge on any atom is 0.418 e. The Labute approximate surface area is 204 Å². The summed E-state index contributed by atoms with van der Waals surface area (Å²) < 4.78 is 48.5. The van der Waals surface area contributed by atoms with E-state index in [1.807, 2.05) is 6.07 Å². The van der Waals surface area contributed by atoms with Crippen LogP contribution in [0.4, 0.5) is 18.9 Å². The number of pyridine rings is 2. The molecule has 0 aliphatic carbocycles. The first-order valence-corrected chi connectivity index (χ1v) is 11.3. The molecule has 4 aromatic rings. The largest absolute Gasteiger partial charge is 0.481 e. The Hall–Kier alpha value is -4.12. The third-order valence-electron chi connectivity index (χ3n) is 6.08. The van der Waals surface area contributed by atoms with Gasteiger partial charge in [-0.15, -0.1) is 0 Å². The first-order valence-electron chi connectivity index (χ1n) is 11.3. The van der Waals surface area contributed by atoms with E-state index >= 15 is 0 Å². The van der Waals surface area contributed by atoms with Crippen LogP contribution in [0.3, 0.4) is 0 Å². The maximum absolute atomic E-state index is 14.1. The molecule has 0 atom stereocenters. The highest BCUT2D eigenvalue weighted by molar-refractivity contribution is 5.70. The van der Waals surface area contributed by atoms with Crippen molar-refractivity contribution in [1.29, 1.82) is 0 Å². The number of hydrogen-bond donors (Lipinski definition) is 2. The third kappa shape index (κ3) is 4.57. The van der Waals surface area contributed by atoms with Crippen LogP contribution in [0.25, 0.3) is 28.2 Å². The Morgan fingerprint density at radius 1 is 1.00 bits per heavy atom. The van der Waals surface area contributed by atoms with Gasteiger partial charge in [-0.1, -0.05) is 0 Å². The summed E-state index contributed by atoms with van der Waals surface area (Å²) in [6, 6.07) is 11.1. The van der Waals surface area contributed by atoms with Gasteiger partial charge in [-0.05, 0) is 42.0 Å². The number of nitrogens with one attached hydrogen (secondary N) is 2. The van der Waals surface area contributed by atoms with Crippen molar-refractivity contribution in [1.82, 2.24) is 24.8 Å². The molecule has 1 aromatic carbocycles. The Balaban J connectivity index is 1.57. The van der Waals surface area contributed by atoms with Crippen molar-refractivity contribution in [2.45, 2.75) is 6.18 Å². The standard InChI is InChI=1S/C25H23F3N6O2/c1-36-23-5-2-17(14-31-23)16-6-7-30-20(12-16)22-15-32-24(35)34(22)18-3-4-21(19(13-18)25(26,27)28)33-10-8-29-9-11-33/h2-7,12-15,29H,8-11H2,1H3,(H,32,35). The molecular weight excluding hydrogens is 473 g/mol. The number of benzene rings is 1. The van der Waals surface area contributed by atoms with E-state index in [0.29, 0.717) is 43.4 Å². The lowest BCUT2D eigenvalue weighted by Crippen LogP contribution is -2.44. The summed E-state index contributed by atoms with van der Waals surface area (Å²) in [5.74, 6) is 0.470. The number of imidazole rings is 1. The molecule has 5 rings (SSSR count). The van der Waals surface area contributed by atoms with E-state index in [4.69, 9.17) is 4.74 Å². The van der Waals surface area contributed by atoms with E-state index in [-0.39, 0.29) is 11.4 Å². The fourth-order valence-corrected chi connectivity index (χ4v) is 4.31. The number of ether oxygens (including phenoxy) is 1. The lowest BCUT2D eigenvalue weighted by atomic mass is 10.1. The highest BCUT2D eigenvalue weighted by Crippen LogP contribution is 2.38. The van der Waals surface area contributed by atoms with Crippen molar-refractivity contribution in [3.8, 4) is 34.1 Å². The monoisotopic (exact) mass is 496 g/mol. The van der Waals surface area contributed by atoms with Gasteiger partial charge in [0, 0.05) is 62.1 Å². The molecule has 11 heteroatoms. The maximum atomic E-state index is 14.1. The Bertz CT molecular complexity index is 1420. The van der Waals surface area contributed by atoms with Gasteiger partial charge >= 0.3 is 11.9 Å². The molecule has 0 spiro atoms. The molecule has 2 N–H and O–H groups in total. The number of hydrogen-bond acceptors (Lipinski definition) is 6. The molecule has 3 aromatic heterocycles. The fourth-order valence-electron chi connectivity index (χ4n) is 4.31. The van der Waals surface area contributed by atoms with Gasteiger partial charge in [0.15, 0.2) is 0 Å². The lowest BCUT2D eigenvalue weighted by molar-refractivity contribution is -0.137. The minimum atomic E-state index is -4.59. The molecule has 36 heavy (non-hydrogen) atoms. The normalized spacial score (nSPS) is 14.2. The van der Waals surface area contributed by atoms with Gasteiger partial charge in [0.05, 0.1) is 29.7 Å².